The molecule has 0 unspecified atom stereocenters. The van der Waals surface area contributed by atoms with Gasteiger partial charge < -0.3 is 10.1 Å². The van der Waals surface area contributed by atoms with Crippen LogP contribution in [0.15, 0.2) is 29.3 Å². The minimum Gasteiger partial charge on any atom is -0.469 e. The van der Waals surface area contributed by atoms with Crippen molar-refractivity contribution in [2.75, 3.05) is 19.5 Å². The number of hydrogen-bond donors (Lipinski definition) is 1. The van der Waals surface area contributed by atoms with E-state index in [1.165, 1.54) is 17.6 Å². The average molecular weight is 410 g/mol. The Morgan fingerprint density at radius 2 is 1.93 bits per heavy atom. The van der Waals surface area contributed by atoms with Gasteiger partial charge in [-0.3, -0.25) is 14.4 Å². The normalized spacial score (nSPS) is 15.2. The van der Waals surface area contributed by atoms with Crippen molar-refractivity contribution < 1.29 is 9.53 Å². The van der Waals surface area contributed by atoms with Crippen LogP contribution in [0.5, 0.6) is 0 Å². The van der Waals surface area contributed by atoms with E-state index in [1.807, 2.05) is 30.7 Å². The molecule has 0 fully saturated rings. The molecular weight excluding hydrogens is 386 g/mol. The number of fused-ring (bicyclic) bond motifs is 3. The summed E-state index contributed by atoms with van der Waals surface area (Å²) in [5, 5.41) is 12.8. The molecule has 0 bridgehead atoms. The minimum atomic E-state index is -0.470. The summed E-state index contributed by atoms with van der Waals surface area (Å²) in [7, 11) is 3.28. The van der Waals surface area contributed by atoms with E-state index in [2.05, 4.69) is 41.5 Å². The predicted molar refractivity (Wildman–Crippen MR) is 114 cm³/mol. The number of benzene rings is 1. The van der Waals surface area contributed by atoms with Crippen molar-refractivity contribution in [3.63, 3.8) is 0 Å². The van der Waals surface area contributed by atoms with E-state index in [0.29, 0.717) is 5.82 Å². The molecule has 0 aliphatic carbocycles. The van der Waals surface area contributed by atoms with Crippen molar-refractivity contribution in [2.45, 2.75) is 33.2 Å². The highest BCUT2D eigenvalue weighted by Gasteiger charge is 2.32. The maximum atomic E-state index is 12.1. The van der Waals surface area contributed by atoms with Crippen LogP contribution >= 0.6 is 11.3 Å². The van der Waals surface area contributed by atoms with E-state index in [9.17, 15) is 4.79 Å². The van der Waals surface area contributed by atoms with Gasteiger partial charge in [0.25, 0.3) is 0 Å². The van der Waals surface area contributed by atoms with Crippen LogP contribution < -0.4 is 5.32 Å². The number of anilines is 1. The lowest BCUT2D eigenvalue weighted by molar-refractivity contribution is -0.141. The number of ether oxygens (including phenoxy) is 1. The van der Waals surface area contributed by atoms with Gasteiger partial charge in [0.1, 0.15) is 16.9 Å². The highest BCUT2D eigenvalue weighted by molar-refractivity contribution is 7.15. The lowest BCUT2D eigenvalue weighted by atomic mass is 9.99. The summed E-state index contributed by atoms with van der Waals surface area (Å²) in [5.74, 6) is 1.12. The van der Waals surface area contributed by atoms with Crippen LogP contribution in [0.3, 0.4) is 0 Å². The Morgan fingerprint density at radius 3 is 2.59 bits per heavy atom. The monoisotopic (exact) mass is 409 g/mol. The van der Waals surface area contributed by atoms with E-state index in [1.54, 1.807) is 11.3 Å². The molecule has 3 heterocycles. The van der Waals surface area contributed by atoms with E-state index < -0.39 is 6.04 Å². The first-order chi connectivity index (χ1) is 13.9. The SMILES string of the molecule is CNc1ccc(C2=N[C@@H](CC(=O)OC)c3nnc(C)n3-c3sc(C)c(C)c32)cc1. The predicted octanol–water partition coefficient (Wildman–Crippen LogP) is 3.75. The average Bonchev–Trinajstić information content (AvgIpc) is 3.20. The van der Waals surface area contributed by atoms with Crippen LogP contribution in [0.25, 0.3) is 5.00 Å². The summed E-state index contributed by atoms with van der Waals surface area (Å²) in [6.45, 7) is 6.15. The molecule has 150 valence electrons. The molecule has 1 atom stereocenters. The molecule has 0 radical (unpaired) electrons. The van der Waals surface area contributed by atoms with Crippen LogP contribution in [0, 0.1) is 20.8 Å². The van der Waals surface area contributed by atoms with Crippen molar-refractivity contribution in [1.29, 1.82) is 0 Å². The Hall–Kier alpha value is -3.00. The Labute approximate surface area is 173 Å². The lowest BCUT2D eigenvalue weighted by Crippen LogP contribution is -2.12. The second-order valence-corrected chi connectivity index (χ2v) is 8.21. The standard InChI is InChI=1S/C21H23N5O2S/c1-11-12(2)29-21-18(11)19(14-6-8-15(22-4)9-7-14)23-16(10-17(27)28-5)20-25-24-13(3)26(20)21/h6-9,16,22H,10H2,1-5H3/t16-/m0/s1. The molecule has 1 aromatic carbocycles. The smallest absolute Gasteiger partial charge is 0.308 e. The molecule has 0 spiro atoms. The van der Waals surface area contributed by atoms with Gasteiger partial charge in [0.2, 0.25) is 0 Å². The van der Waals surface area contributed by atoms with Crippen molar-refractivity contribution in [1.82, 2.24) is 14.8 Å². The van der Waals surface area contributed by atoms with Crippen LogP contribution in [0.1, 0.15) is 45.7 Å². The number of aromatic nitrogens is 3. The molecule has 3 aromatic rings. The van der Waals surface area contributed by atoms with Crippen LogP contribution in [-0.4, -0.2) is 40.6 Å². The number of methoxy groups -OCH3 is 1. The highest BCUT2D eigenvalue weighted by atomic mass is 32.1. The minimum absolute atomic E-state index is 0.111. The number of thiophene rings is 1. The van der Waals surface area contributed by atoms with Crippen LogP contribution in [-0.2, 0) is 9.53 Å². The van der Waals surface area contributed by atoms with Crippen LogP contribution in [0.4, 0.5) is 5.69 Å². The van der Waals surface area contributed by atoms with Gasteiger partial charge in [-0.25, -0.2) is 0 Å². The maximum Gasteiger partial charge on any atom is 0.308 e. The van der Waals surface area contributed by atoms with Crippen molar-refractivity contribution in [3.8, 4) is 5.00 Å². The molecule has 4 rings (SSSR count). The largest absolute Gasteiger partial charge is 0.469 e. The quantitative estimate of drug-likeness (QED) is 0.664. The Kier molecular flexibility index (Phi) is 4.96. The van der Waals surface area contributed by atoms with Crippen molar-refractivity contribution in [2.24, 2.45) is 4.99 Å². The fourth-order valence-corrected chi connectivity index (χ4v) is 4.77. The van der Waals surface area contributed by atoms with Gasteiger partial charge in [-0.05, 0) is 38.5 Å². The number of carbonyl (C=O) groups excluding carboxylic acids is 1. The first-order valence-corrected chi connectivity index (χ1v) is 10.2. The Bertz CT molecular complexity index is 1110. The zero-order chi connectivity index (χ0) is 20.7. The zero-order valence-corrected chi connectivity index (χ0v) is 17.9. The summed E-state index contributed by atoms with van der Waals surface area (Å²) in [6.07, 6.45) is 0.111. The molecule has 1 aliphatic heterocycles. The first kappa shape index (κ1) is 19.3. The third-order valence-electron chi connectivity index (χ3n) is 5.27. The molecule has 1 aliphatic rings. The molecule has 0 saturated carbocycles. The number of aliphatic imine (C=N–C) groups is 1. The third kappa shape index (κ3) is 3.23. The number of hydrogen-bond acceptors (Lipinski definition) is 7. The third-order valence-corrected chi connectivity index (χ3v) is 6.47. The Balaban J connectivity index is 1.98. The van der Waals surface area contributed by atoms with Crippen molar-refractivity contribution in [3.05, 3.63) is 57.5 Å². The van der Waals surface area contributed by atoms with E-state index in [0.717, 1.165) is 33.4 Å². The topological polar surface area (TPSA) is 81.4 Å². The molecule has 1 N–H and O–H groups in total. The molecular formula is C21H23N5O2S. The fourth-order valence-electron chi connectivity index (χ4n) is 3.56. The van der Waals surface area contributed by atoms with E-state index in [-0.39, 0.29) is 12.4 Å². The van der Waals surface area contributed by atoms with Gasteiger partial charge in [0.05, 0.1) is 19.2 Å². The summed E-state index contributed by atoms with van der Waals surface area (Å²) in [4.78, 5) is 18.4. The molecule has 2 aromatic heterocycles. The summed E-state index contributed by atoms with van der Waals surface area (Å²) in [5.41, 5.74) is 5.14. The van der Waals surface area contributed by atoms with Gasteiger partial charge in [0, 0.05) is 28.7 Å². The Morgan fingerprint density at radius 1 is 1.21 bits per heavy atom. The molecule has 8 heteroatoms. The second kappa shape index (κ2) is 7.44. The maximum absolute atomic E-state index is 12.1. The molecule has 29 heavy (non-hydrogen) atoms. The van der Waals surface area contributed by atoms with Gasteiger partial charge in [-0.15, -0.1) is 21.5 Å². The first-order valence-electron chi connectivity index (χ1n) is 9.40. The number of carbonyl (C=O) groups is 1. The summed E-state index contributed by atoms with van der Waals surface area (Å²) >= 11 is 1.70. The zero-order valence-electron chi connectivity index (χ0n) is 17.1. The van der Waals surface area contributed by atoms with Gasteiger partial charge >= 0.3 is 5.97 Å². The number of aryl methyl sites for hydroxylation is 2. The number of nitrogens with one attached hydrogen (secondary N) is 1. The van der Waals surface area contributed by atoms with E-state index >= 15 is 0 Å². The lowest BCUT2D eigenvalue weighted by Gasteiger charge is -2.12. The second-order valence-electron chi connectivity index (χ2n) is 7.01. The number of nitrogens with zero attached hydrogens (tertiary/aromatic N) is 4. The van der Waals surface area contributed by atoms with E-state index in [4.69, 9.17) is 9.73 Å². The number of esters is 1. The molecule has 0 saturated heterocycles. The van der Waals surface area contributed by atoms with Gasteiger partial charge in [-0.2, -0.15) is 0 Å². The fraction of sp³-hybridized carbons (Fsp3) is 0.333. The number of rotatable bonds is 4. The summed E-state index contributed by atoms with van der Waals surface area (Å²) in [6, 6.07) is 7.68. The van der Waals surface area contributed by atoms with Gasteiger partial charge in [-0.1, -0.05) is 12.1 Å². The summed E-state index contributed by atoms with van der Waals surface area (Å²) < 4.78 is 6.95. The highest BCUT2D eigenvalue weighted by Crippen LogP contribution is 2.39. The molecule has 0 amide bonds. The van der Waals surface area contributed by atoms with Gasteiger partial charge in [0.15, 0.2) is 5.82 Å². The molecule has 7 nitrogen and oxygen atoms in total. The van der Waals surface area contributed by atoms with Crippen molar-refractivity contribution >= 4 is 28.7 Å². The van der Waals surface area contributed by atoms with Crippen LogP contribution in [0.2, 0.25) is 0 Å².